The smallest absolute Gasteiger partial charge is 0.345 e. The number of aromatic nitrogens is 2. The molecule has 6 nitrogen and oxygen atoms in total. The molecule has 0 radical (unpaired) electrons. The van der Waals surface area contributed by atoms with Gasteiger partial charge >= 0.3 is 5.63 Å². The molecule has 0 bridgehead atoms. The number of nitrogens with zero attached hydrogens (tertiary/aromatic N) is 2. The molecule has 0 saturated carbocycles. The maximum atomic E-state index is 12.6. The second kappa shape index (κ2) is 7.47. The van der Waals surface area contributed by atoms with Gasteiger partial charge in [0, 0.05) is 33.4 Å². The van der Waals surface area contributed by atoms with Gasteiger partial charge in [-0.15, -0.1) is 11.3 Å². The SMILES string of the molecule is O=c1oc2ccc3ccccc3c2cc1-c1csc(N/N=C/c2c[nH]c3ccccc23)n1. The summed E-state index contributed by atoms with van der Waals surface area (Å²) < 4.78 is 5.59. The molecule has 0 aliphatic heterocycles. The van der Waals surface area contributed by atoms with Crippen LogP contribution in [-0.4, -0.2) is 16.2 Å². The summed E-state index contributed by atoms with van der Waals surface area (Å²) in [6.45, 7) is 0. The average Bonchev–Trinajstić information content (AvgIpc) is 3.46. The van der Waals surface area contributed by atoms with Crippen molar-refractivity contribution in [2.45, 2.75) is 0 Å². The number of benzene rings is 3. The van der Waals surface area contributed by atoms with Gasteiger partial charge in [0.2, 0.25) is 5.13 Å². The van der Waals surface area contributed by atoms with Crippen LogP contribution in [-0.2, 0) is 0 Å². The number of hydrogen-bond acceptors (Lipinski definition) is 6. The van der Waals surface area contributed by atoms with E-state index < -0.39 is 5.63 Å². The van der Waals surface area contributed by atoms with Crippen molar-refractivity contribution >= 4 is 55.3 Å². The summed E-state index contributed by atoms with van der Waals surface area (Å²) in [5.41, 5.74) is 6.13. The highest BCUT2D eigenvalue weighted by molar-refractivity contribution is 7.14. The predicted octanol–water partition coefficient (Wildman–Crippen LogP) is 6.00. The van der Waals surface area contributed by atoms with Crippen molar-refractivity contribution in [2.24, 2.45) is 5.10 Å². The molecule has 7 heteroatoms. The largest absolute Gasteiger partial charge is 0.422 e. The molecule has 32 heavy (non-hydrogen) atoms. The summed E-state index contributed by atoms with van der Waals surface area (Å²) in [6, 6.07) is 21.7. The van der Waals surface area contributed by atoms with Gasteiger partial charge in [-0.05, 0) is 29.0 Å². The zero-order valence-electron chi connectivity index (χ0n) is 16.7. The van der Waals surface area contributed by atoms with E-state index in [0.717, 1.165) is 32.6 Å². The topological polar surface area (TPSA) is 83.3 Å². The van der Waals surface area contributed by atoms with Crippen LogP contribution in [0.15, 0.2) is 92.6 Å². The van der Waals surface area contributed by atoms with Crippen LogP contribution in [0.25, 0.3) is 43.9 Å². The first-order valence-electron chi connectivity index (χ1n) is 10.0. The summed E-state index contributed by atoms with van der Waals surface area (Å²) in [7, 11) is 0. The molecule has 0 atom stereocenters. The predicted molar refractivity (Wildman–Crippen MR) is 131 cm³/mol. The molecule has 0 amide bonds. The molecule has 6 aromatic rings. The van der Waals surface area contributed by atoms with E-state index in [1.54, 1.807) is 6.21 Å². The Morgan fingerprint density at radius 3 is 2.78 bits per heavy atom. The average molecular weight is 436 g/mol. The Morgan fingerprint density at radius 1 is 1.00 bits per heavy atom. The number of hydrogen-bond donors (Lipinski definition) is 2. The second-order valence-electron chi connectivity index (χ2n) is 7.34. The van der Waals surface area contributed by atoms with Gasteiger partial charge in [-0.25, -0.2) is 9.78 Å². The number of fused-ring (bicyclic) bond motifs is 4. The highest BCUT2D eigenvalue weighted by Gasteiger charge is 2.13. The summed E-state index contributed by atoms with van der Waals surface area (Å²) in [6.07, 6.45) is 3.66. The summed E-state index contributed by atoms with van der Waals surface area (Å²) in [5.74, 6) is 0. The minimum Gasteiger partial charge on any atom is -0.422 e. The second-order valence-corrected chi connectivity index (χ2v) is 8.20. The molecule has 0 spiro atoms. The molecular formula is C25H16N4O2S. The van der Waals surface area contributed by atoms with Gasteiger partial charge in [0.15, 0.2) is 0 Å². The van der Waals surface area contributed by atoms with Crippen molar-refractivity contribution in [1.29, 1.82) is 0 Å². The first-order valence-corrected chi connectivity index (χ1v) is 10.9. The van der Waals surface area contributed by atoms with E-state index in [-0.39, 0.29) is 0 Å². The third-order valence-electron chi connectivity index (χ3n) is 5.41. The number of hydrazone groups is 1. The molecule has 0 unspecified atom stereocenters. The van der Waals surface area contributed by atoms with Crippen LogP contribution in [0, 0.1) is 0 Å². The minimum absolute atomic E-state index is 0.410. The van der Waals surface area contributed by atoms with Gasteiger partial charge in [0.05, 0.1) is 17.5 Å². The van der Waals surface area contributed by atoms with E-state index in [9.17, 15) is 4.79 Å². The molecule has 6 rings (SSSR count). The van der Waals surface area contributed by atoms with Gasteiger partial charge in [0.1, 0.15) is 5.58 Å². The Labute approximate surface area is 185 Å². The number of aromatic amines is 1. The number of anilines is 1. The van der Waals surface area contributed by atoms with Crippen molar-refractivity contribution in [3.8, 4) is 11.3 Å². The van der Waals surface area contributed by atoms with E-state index in [1.165, 1.54) is 11.3 Å². The van der Waals surface area contributed by atoms with Gasteiger partial charge in [0.25, 0.3) is 0 Å². The number of para-hydroxylation sites is 1. The van der Waals surface area contributed by atoms with Crippen LogP contribution in [0.3, 0.4) is 0 Å². The van der Waals surface area contributed by atoms with Crippen LogP contribution in [0.4, 0.5) is 5.13 Å². The Morgan fingerprint density at radius 2 is 1.84 bits per heavy atom. The van der Waals surface area contributed by atoms with E-state index in [1.807, 2.05) is 78.3 Å². The van der Waals surface area contributed by atoms with Crippen molar-refractivity contribution in [3.63, 3.8) is 0 Å². The van der Waals surface area contributed by atoms with Gasteiger partial charge in [-0.3, -0.25) is 5.43 Å². The summed E-state index contributed by atoms with van der Waals surface area (Å²) in [4.78, 5) is 20.4. The van der Waals surface area contributed by atoms with Crippen molar-refractivity contribution in [1.82, 2.24) is 9.97 Å². The van der Waals surface area contributed by atoms with Gasteiger partial charge < -0.3 is 9.40 Å². The molecule has 0 aliphatic rings. The molecule has 3 heterocycles. The maximum Gasteiger partial charge on any atom is 0.345 e. The molecule has 3 aromatic heterocycles. The van der Waals surface area contributed by atoms with Crippen LogP contribution in [0.2, 0.25) is 0 Å². The summed E-state index contributed by atoms with van der Waals surface area (Å²) >= 11 is 1.38. The molecule has 0 aliphatic carbocycles. The Kier molecular flexibility index (Phi) is 4.33. The lowest BCUT2D eigenvalue weighted by Gasteiger charge is -2.04. The quantitative estimate of drug-likeness (QED) is 0.154. The first kappa shape index (κ1) is 18.5. The lowest BCUT2D eigenvalue weighted by molar-refractivity contribution is 0.563. The van der Waals surface area contributed by atoms with Crippen molar-refractivity contribution < 1.29 is 4.42 Å². The minimum atomic E-state index is -0.410. The standard InChI is InChI=1S/C25H16N4O2S/c30-24-20(11-19-17-6-2-1-5-15(17)9-10-23(19)31-24)22-14-32-25(28-22)29-27-13-16-12-26-21-8-4-3-7-18(16)21/h1-14,26H,(H,28,29)/b27-13+. The monoisotopic (exact) mass is 436 g/mol. The molecule has 2 N–H and O–H groups in total. The van der Waals surface area contributed by atoms with Crippen LogP contribution in [0.5, 0.6) is 0 Å². The Hall–Kier alpha value is -4.23. The van der Waals surface area contributed by atoms with E-state index in [4.69, 9.17) is 4.42 Å². The van der Waals surface area contributed by atoms with Gasteiger partial charge in [-0.1, -0.05) is 48.5 Å². The normalized spacial score (nSPS) is 11.8. The fraction of sp³-hybridized carbons (Fsp3) is 0. The number of thiazole rings is 1. The maximum absolute atomic E-state index is 12.6. The van der Waals surface area contributed by atoms with Crippen molar-refractivity contribution in [2.75, 3.05) is 5.43 Å². The highest BCUT2D eigenvalue weighted by atomic mass is 32.1. The summed E-state index contributed by atoms with van der Waals surface area (Å²) in [5, 5.41) is 10.8. The lowest BCUT2D eigenvalue weighted by Crippen LogP contribution is -2.03. The lowest BCUT2D eigenvalue weighted by atomic mass is 10.0. The zero-order chi connectivity index (χ0) is 21.5. The highest BCUT2D eigenvalue weighted by Crippen LogP contribution is 2.29. The molecular weight excluding hydrogens is 420 g/mol. The van der Waals surface area contributed by atoms with Crippen molar-refractivity contribution in [3.05, 3.63) is 94.3 Å². The van der Waals surface area contributed by atoms with Crippen LogP contribution < -0.4 is 11.1 Å². The van der Waals surface area contributed by atoms with E-state index >= 15 is 0 Å². The Balaban J connectivity index is 1.32. The fourth-order valence-electron chi connectivity index (χ4n) is 3.86. The fourth-order valence-corrected chi connectivity index (χ4v) is 4.52. The van der Waals surface area contributed by atoms with Crippen LogP contribution in [0.1, 0.15) is 5.56 Å². The number of rotatable bonds is 4. The van der Waals surface area contributed by atoms with E-state index in [0.29, 0.717) is 22.0 Å². The van der Waals surface area contributed by atoms with Gasteiger partial charge in [-0.2, -0.15) is 5.10 Å². The number of H-pyrrole nitrogens is 1. The first-order chi connectivity index (χ1) is 15.8. The molecule has 0 fully saturated rings. The Bertz CT molecular complexity index is 1690. The van der Waals surface area contributed by atoms with Crippen LogP contribution >= 0.6 is 11.3 Å². The third kappa shape index (κ3) is 3.16. The van der Waals surface area contributed by atoms with E-state index in [2.05, 4.69) is 20.5 Å². The zero-order valence-corrected chi connectivity index (χ0v) is 17.5. The molecule has 3 aromatic carbocycles. The molecule has 154 valence electrons. The third-order valence-corrected chi connectivity index (χ3v) is 6.15. The molecule has 0 saturated heterocycles. The number of nitrogens with one attached hydrogen (secondary N) is 2.